The first kappa shape index (κ1) is 22.2. The molecule has 0 aliphatic heterocycles. The summed E-state index contributed by atoms with van der Waals surface area (Å²) in [6.45, 7) is 3.37. The third kappa shape index (κ3) is 5.92. The van der Waals surface area contributed by atoms with Crippen molar-refractivity contribution in [2.24, 2.45) is 0 Å². The summed E-state index contributed by atoms with van der Waals surface area (Å²) in [5, 5.41) is 0. The van der Waals surface area contributed by atoms with Gasteiger partial charge in [-0.05, 0) is 31.5 Å². The molecule has 0 saturated heterocycles. The van der Waals surface area contributed by atoms with Crippen LogP contribution < -0.4 is 4.72 Å². The van der Waals surface area contributed by atoms with Crippen LogP contribution in [-0.2, 0) is 24.3 Å². The summed E-state index contributed by atoms with van der Waals surface area (Å²) in [5.74, 6) is -1.93. The molecule has 8 nitrogen and oxygen atoms in total. The van der Waals surface area contributed by atoms with E-state index in [4.69, 9.17) is 10.3 Å². The topological polar surface area (TPSA) is 126 Å². The molecule has 0 amide bonds. The van der Waals surface area contributed by atoms with Crippen LogP contribution in [0.15, 0.2) is 59.5 Å². The van der Waals surface area contributed by atoms with E-state index in [2.05, 4.69) is 9.51 Å². The highest BCUT2D eigenvalue weighted by atomic mass is 32.2. The van der Waals surface area contributed by atoms with E-state index in [-0.39, 0.29) is 11.5 Å². The van der Waals surface area contributed by atoms with Gasteiger partial charge in [-0.15, -0.1) is 0 Å². The normalized spacial score (nSPS) is 11.9. The quantitative estimate of drug-likeness (QED) is 0.221. The van der Waals surface area contributed by atoms with Gasteiger partial charge in [-0.3, -0.25) is 4.79 Å². The first-order valence-electron chi connectivity index (χ1n) is 8.84. The van der Waals surface area contributed by atoms with Crippen LogP contribution in [0.2, 0.25) is 0 Å². The lowest BCUT2D eigenvalue weighted by atomic mass is 10.0. The van der Waals surface area contributed by atoms with Crippen molar-refractivity contribution in [1.29, 1.82) is 0 Å². The van der Waals surface area contributed by atoms with Gasteiger partial charge in [-0.1, -0.05) is 48.0 Å². The van der Waals surface area contributed by atoms with Crippen molar-refractivity contribution in [2.45, 2.75) is 31.2 Å². The van der Waals surface area contributed by atoms with E-state index in [1.54, 1.807) is 49.4 Å². The fourth-order valence-corrected chi connectivity index (χ4v) is 3.80. The Bertz CT molecular complexity index is 1030. The lowest BCUT2D eigenvalue weighted by Crippen LogP contribution is -2.34. The number of carbonyl (C=O) groups is 2. The highest BCUT2D eigenvalue weighted by Gasteiger charge is 2.34. The Morgan fingerprint density at radius 2 is 1.72 bits per heavy atom. The van der Waals surface area contributed by atoms with Crippen molar-refractivity contribution in [2.75, 3.05) is 6.61 Å². The Labute approximate surface area is 169 Å². The number of esters is 1. The fraction of sp³-hybridized carbons (Fsp3) is 0.250. The smallest absolute Gasteiger partial charge is 0.441 e. The Kier molecular flexibility index (Phi) is 7.55. The van der Waals surface area contributed by atoms with Crippen LogP contribution in [0.3, 0.4) is 0 Å². The summed E-state index contributed by atoms with van der Waals surface area (Å²) in [6, 6.07) is 13.7. The molecule has 152 valence electrons. The van der Waals surface area contributed by atoms with E-state index in [0.29, 0.717) is 5.56 Å². The predicted molar refractivity (Wildman–Crippen MR) is 106 cm³/mol. The molecule has 0 radical (unpaired) electrons. The van der Waals surface area contributed by atoms with Crippen molar-refractivity contribution < 1.29 is 27.5 Å². The van der Waals surface area contributed by atoms with Crippen LogP contribution in [0.5, 0.6) is 0 Å². The lowest BCUT2D eigenvalue weighted by molar-refractivity contribution is -0.141. The first-order valence-corrected chi connectivity index (χ1v) is 10.3. The molecule has 2 rings (SSSR count). The molecule has 0 aliphatic carbocycles. The van der Waals surface area contributed by atoms with Gasteiger partial charge in [0, 0.05) is 6.42 Å². The Balaban J connectivity index is 2.33. The number of Topliss-reactive ketones (excluding diaryl/α,β-unsaturated/α-hetero) is 1. The molecule has 0 spiro atoms. The summed E-state index contributed by atoms with van der Waals surface area (Å²) in [7, 11) is -3.95. The standard InChI is InChI=1S/C20H21N3O5S/c1-3-28-20(25)19(22-21)18(24)13-17(15-7-5-4-6-8-15)23-29(26,27)16-11-9-14(2)10-12-16/h4-12,17,23H,3,13H2,1-2H3. The van der Waals surface area contributed by atoms with Crippen molar-refractivity contribution in [1.82, 2.24) is 4.72 Å². The number of ether oxygens (including phenoxy) is 1. The number of nitrogens with one attached hydrogen (secondary N) is 1. The molecule has 0 fully saturated rings. The van der Waals surface area contributed by atoms with Gasteiger partial charge in [-0.25, -0.2) is 17.9 Å². The average Bonchev–Trinajstić information content (AvgIpc) is 2.69. The molecule has 29 heavy (non-hydrogen) atoms. The van der Waals surface area contributed by atoms with Crippen molar-refractivity contribution in [3.05, 3.63) is 71.3 Å². The van der Waals surface area contributed by atoms with Gasteiger partial charge in [0.25, 0.3) is 5.78 Å². The highest BCUT2D eigenvalue weighted by molar-refractivity contribution is 7.89. The second kappa shape index (κ2) is 9.88. The average molecular weight is 415 g/mol. The maximum Gasteiger partial charge on any atom is 0.441 e. The Morgan fingerprint density at radius 1 is 1.10 bits per heavy atom. The zero-order valence-corrected chi connectivity index (χ0v) is 16.8. The predicted octanol–water partition coefficient (Wildman–Crippen LogP) is 2.21. The zero-order valence-electron chi connectivity index (χ0n) is 16.0. The first-order chi connectivity index (χ1) is 13.8. The minimum Gasteiger partial charge on any atom is -0.457 e. The summed E-state index contributed by atoms with van der Waals surface area (Å²) in [5.41, 5.74) is 9.66. The summed E-state index contributed by atoms with van der Waals surface area (Å²) in [4.78, 5) is 27.1. The monoisotopic (exact) mass is 415 g/mol. The van der Waals surface area contributed by atoms with Crippen LogP contribution >= 0.6 is 0 Å². The van der Waals surface area contributed by atoms with E-state index in [1.165, 1.54) is 12.1 Å². The third-order valence-electron chi connectivity index (χ3n) is 4.05. The van der Waals surface area contributed by atoms with Gasteiger partial charge in [0.1, 0.15) is 0 Å². The van der Waals surface area contributed by atoms with Crippen LogP contribution in [0, 0.1) is 6.92 Å². The Hall–Kier alpha value is -3.13. The number of hydrogen-bond acceptors (Lipinski definition) is 5. The van der Waals surface area contributed by atoms with E-state index in [0.717, 1.165) is 5.56 Å². The maximum absolute atomic E-state index is 12.8. The number of benzene rings is 2. The summed E-state index contributed by atoms with van der Waals surface area (Å²) in [6.07, 6.45) is -0.437. The van der Waals surface area contributed by atoms with Gasteiger partial charge < -0.3 is 10.3 Å². The van der Waals surface area contributed by atoms with E-state index in [9.17, 15) is 18.0 Å². The number of hydrogen-bond donors (Lipinski definition) is 1. The molecule has 0 saturated carbocycles. The largest absolute Gasteiger partial charge is 0.457 e. The van der Waals surface area contributed by atoms with Crippen LogP contribution in [0.4, 0.5) is 0 Å². The highest BCUT2D eigenvalue weighted by Crippen LogP contribution is 2.21. The van der Waals surface area contributed by atoms with E-state index < -0.39 is 40.0 Å². The number of aryl methyl sites for hydroxylation is 1. The van der Waals surface area contributed by atoms with Gasteiger partial charge in [0.05, 0.1) is 17.5 Å². The summed E-state index contributed by atoms with van der Waals surface area (Å²) < 4.78 is 32.8. The molecular formula is C20H21N3O5S. The molecule has 9 heteroatoms. The zero-order chi connectivity index (χ0) is 21.4. The number of rotatable bonds is 9. The Morgan fingerprint density at radius 3 is 2.28 bits per heavy atom. The molecule has 1 N–H and O–H groups in total. The van der Waals surface area contributed by atoms with Crippen molar-refractivity contribution in [3.8, 4) is 0 Å². The van der Waals surface area contributed by atoms with Gasteiger partial charge in [0.15, 0.2) is 0 Å². The molecule has 0 aliphatic rings. The molecule has 0 aromatic heterocycles. The van der Waals surface area contributed by atoms with E-state index in [1.807, 2.05) is 6.92 Å². The second-order valence-corrected chi connectivity index (χ2v) is 7.91. The van der Waals surface area contributed by atoms with Crippen molar-refractivity contribution >= 4 is 27.5 Å². The fourth-order valence-electron chi connectivity index (χ4n) is 2.58. The van der Waals surface area contributed by atoms with Crippen LogP contribution in [0.1, 0.15) is 30.5 Å². The van der Waals surface area contributed by atoms with Crippen molar-refractivity contribution in [3.63, 3.8) is 0 Å². The number of sulfonamides is 1. The number of ketones is 1. The molecule has 0 bridgehead atoms. The maximum atomic E-state index is 12.8. The van der Waals surface area contributed by atoms with Gasteiger partial charge in [0.2, 0.25) is 10.0 Å². The minimum atomic E-state index is -3.95. The molecule has 2 aromatic carbocycles. The number of carbonyl (C=O) groups excluding carboxylic acids is 2. The van der Waals surface area contributed by atoms with Gasteiger partial charge >= 0.3 is 11.7 Å². The van der Waals surface area contributed by atoms with Crippen LogP contribution in [0.25, 0.3) is 5.53 Å². The number of nitrogens with zero attached hydrogens (tertiary/aromatic N) is 2. The molecule has 1 atom stereocenters. The lowest BCUT2D eigenvalue weighted by Gasteiger charge is -2.18. The molecular weight excluding hydrogens is 394 g/mol. The van der Waals surface area contributed by atoms with Gasteiger partial charge in [-0.2, -0.15) is 4.79 Å². The third-order valence-corrected chi connectivity index (χ3v) is 5.54. The SMILES string of the molecule is CCOC(=O)C(=[N+]=[N-])C(=O)CC(NS(=O)(=O)c1ccc(C)cc1)c1ccccc1. The second-order valence-electron chi connectivity index (χ2n) is 6.19. The summed E-state index contributed by atoms with van der Waals surface area (Å²) >= 11 is 0. The van der Waals surface area contributed by atoms with E-state index >= 15 is 0 Å². The minimum absolute atomic E-state index is 0.00665. The molecule has 2 aromatic rings. The molecule has 1 unspecified atom stereocenters. The molecule has 0 heterocycles. The van der Waals surface area contributed by atoms with Crippen LogP contribution in [-0.4, -0.2) is 37.3 Å².